The third-order valence-electron chi connectivity index (χ3n) is 5.35. The zero-order valence-electron chi connectivity index (χ0n) is 17.2. The van der Waals surface area contributed by atoms with Gasteiger partial charge in [-0.15, -0.1) is 0 Å². The van der Waals surface area contributed by atoms with Gasteiger partial charge in [0, 0.05) is 36.1 Å². The summed E-state index contributed by atoms with van der Waals surface area (Å²) >= 11 is 0. The summed E-state index contributed by atoms with van der Waals surface area (Å²) in [6, 6.07) is 17.8. The van der Waals surface area contributed by atoms with Crippen LogP contribution in [0.25, 0.3) is 11.3 Å². The van der Waals surface area contributed by atoms with E-state index in [-0.39, 0.29) is 11.7 Å². The third kappa shape index (κ3) is 3.92. The van der Waals surface area contributed by atoms with E-state index < -0.39 is 0 Å². The topological polar surface area (TPSA) is 79.0 Å². The first-order chi connectivity index (χ1) is 15.7. The number of hydrogen-bond donors (Lipinski definition) is 3. The van der Waals surface area contributed by atoms with Gasteiger partial charge in [0.1, 0.15) is 18.2 Å². The summed E-state index contributed by atoms with van der Waals surface area (Å²) in [5, 5.41) is 6.13. The Kier molecular flexibility index (Phi) is 5.29. The molecule has 160 valence electrons. The summed E-state index contributed by atoms with van der Waals surface area (Å²) in [5.74, 6) is 0.0484. The first-order valence-electron chi connectivity index (χ1n) is 10.4. The van der Waals surface area contributed by atoms with Crippen molar-refractivity contribution in [2.24, 2.45) is 0 Å². The van der Waals surface area contributed by atoms with Crippen molar-refractivity contribution in [3.05, 3.63) is 95.7 Å². The van der Waals surface area contributed by atoms with Gasteiger partial charge in [-0.1, -0.05) is 36.4 Å². The van der Waals surface area contributed by atoms with Gasteiger partial charge in [-0.25, -0.2) is 4.39 Å². The Hall–Kier alpha value is -4.13. The first kappa shape index (κ1) is 19.8. The number of rotatable bonds is 6. The number of nitrogens with zero attached hydrogens (tertiary/aromatic N) is 1. The lowest BCUT2D eigenvalue weighted by Crippen LogP contribution is -2.31. The lowest BCUT2D eigenvalue weighted by molar-refractivity contribution is 0.0947. The third-order valence-corrected chi connectivity index (χ3v) is 5.35. The van der Waals surface area contributed by atoms with E-state index in [1.165, 1.54) is 12.1 Å². The average molecular weight is 428 g/mol. The molecule has 0 bridgehead atoms. The second-order valence-corrected chi connectivity index (χ2v) is 7.52. The SMILES string of the molecule is O=C1NCCc2[nH]c(-c3ccncc3OCc3ccccc3)c(Nc3cccc(F)c3)c21. The van der Waals surface area contributed by atoms with Crippen LogP contribution in [0.5, 0.6) is 5.75 Å². The zero-order chi connectivity index (χ0) is 21.9. The van der Waals surface area contributed by atoms with E-state index in [4.69, 9.17) is 4.74 Å². The van der Waals surface area contributed by atoms with Crippen LogP contribution < -0.4 is 15.4 Å². The molecule has 1 aliphatic heterocycles. The Balaban J connectivity index is 1.57. The van der Waals surface area contributed by atoms with E-state index in [1.807, 2.05) is 36.4 Å². The van der Waals surface area contributed by atoms with Gasteiger partial charge >= 0.3 is 0 Å². The average Bonchev–Trinajstić information content (AvgIpc) is 3.18. The van der Waals surface area contributed by atoms with Crippen molar-refractivity contribution in [2.75, 3.05) is 11.9 Å². The Morgan fingerprint density at radius 1 is 1.09 bits per heavy atom. The van der Waals surface area contributed by atoms with Crippen LogP contribution in [0.1, 0.15) is 21.6 Å². The van der Waals surface area contributed by atoms with E-state index in [2.05, 4.69) is 20.6 Å². The number of fused-ring (bicyclic) bond motifs is 1. The predicted molar refractivity (Wildman–Crippen MR) is 121 cm³/mol. The molecule has 1 amide bonds. The molecule has 2 aromatic heterocycles. The highest BCUT2D eigenvalue weighted by molar-refractivity contribution is 6.06. The number of H-pyrrole nitrogens is 1. The molecule has 6 nitrogen and oxygen atoms in total. The molecular formula is C25H21FN4O2. The summed E-state index contributed by atoms with van der Waals surface area (Å²) < 4.78 is 19.9. The monoisotopic (exact) mass is 428 g/mol. The molecule has 0 atom stereocenters. The number of halogens is 1. The zero-order valence-corrected chi connectivity index (χ0v) is 17.2. The van der Waals surface area contributed by atoms with Crippen molar-refractivity contribution in [3.63, 3.8) is 0 Å². The van der Waals surface area contributed by atoms with Crippen molar-refractivity contribution < 1.29 is 13.9 Å². The van der Waals surface area contributed by atoms with Gasteiger partial charge < -0.3 is 20.4 Å². The van der Waals surface area contributed by atoms with Crippen molar-refractivity contribution in [2.45, 2.75) is 13.0 Å². The van der Waals surface area contributed by atoms with Gasteiger partial charge in [0.05, 0.1) is 23.1 Å². The largest absolute Gasteiger partial charge is 0.487 e. The van der Waals surface area contributed by atoms with Gasteiger partial charge in [0.15, 0.2) is 0 Å². The molecule has 3 N–H and O–H groups in total. The van der Waals surface area contributed by atoms with Crippen molar-refractivity contribution in [3.8, 4) is 17.0 Å². The number of carbonyl (C=O) groups is 1. The van der Waals surface area contributed by atoms with E-state index >= 15 is 0 Å². The van der Waals surface area contributed by atoms with Gasteiger partial charge in [-0.05, 0) is 29.8 Å². The molecule has 7 heteroatoms. The molecule has 2 aromatic carbocycles. The summed E-state index contributed by atoms with van der Waals surface area (Å²) in [6.07, 6.45) is 4.00. The lowest BCUT2D eigenvalue weighted by atomic mass is 10.0. The first-order valence-corrected chi connectivity index (χ1v) is 10.4. The van der Waals surface area contributed by atoms with Crippen LogP contribution in [0.15, 0.2) is 73.1 Å². The minimum atomic E-state index is -0.360. The number of benzene rings is 2. The molecule has 4 aromatic rings. The fraction of sp³-hybridized carbons (Fsp3) is 0.120. The van der Waals surface area contributed by atoms with Crippen LogP contribution in [-0.2, 0) is 13.0 Å². The molecule has 0 spiro atoms. The lowest BCUT2D eigenvalue weighted by Gasteiger charge is -2.16. The van der Waals surface area contributed by atoms with Crippen molar-refractivity contribution >= 4 is 17.3 Å². The Morgan fingerprint density at radius 2 is 1.97 bits per heavy atom. The summed E-state index contributed by atoms with van der Waals surface area (Å²) in [4.78, 5) is 20.3. The highest BCUT2D eigenvalue weighted by Crippen LogP contribution is 2.40. The second-order valence-electron chi connectivity index (χ2n) is 7.52. The molecule has 0 saturated heterocycles. The summed E-state index contributed by atoms with van der Waals surface area (Å²) in [5.41, 5.74) is 4.98. The molecule has 0 saturated carbocycles. The molecule has 1 aliphatic rings. The Morgan fingerprint density at radius 3 is 2.81 bits per heavy atom. The quantitative estimate of drug-likeness (QED) is 0.411. The standard InChI is InChI=1S/C25H21FN4O2/c26-17-7-4-8-18(13-17)29-24-22-20(10-12-28-25(22)31)30-23(24)19-9-11-27-14-21(19)32-15-16-5-2-1-3-6-16/h1-9,11,13-14,29-30H,10,12,15H2,(H,28,31). The van der Waals surface area contributed by atoms with Gasteiger partial charge in [-0.2, -0.15) is 0 Å². The smallest absolute Gasteiger partial charge is 0.255 e. The fourth-order valence-corrected chi connectivity index (χ4v) is 3.85. The number of aromatic amines is 1. The number of pyridine rings is 1. The maximum absolute atomic E-state index is 13.8. The Bertz CT molecular complexity index is 1270. The van der Waals surface area contributed by atoms with E-state index in [1.54, 1.807) is 24.5 Å². The molecular weight excluding hydrogens is 407 g/mol. The van der Waals surface area contributed by atoms with E-state index in [0.29, 0.717) is 48.0 Å². The fourth-order valence-electron chi connectivity index (χ4n) is 3.85. The van der Waals surface area contributed by atoms with Crippen LogP contribution in [0.3, 0.4) is 0 Å². The maximum Gasteiger partial charge on any atom is 0.255 e. The molecule has 0 fully saturated rings. The molecule has 0 radical (unpaired) electrons. The normalized spacial score (nSPS) is 12.7. The van der Waals surface area contributed by atoms with Crippen LogP contribution in [0, 0.1) is 5.82 Å². The molecule has 3 heterocycles. The van der Waals surface area contributed by atoms with Gasteiger partial charge in [0.25, 0.3) is 5.91 Å². The van der Waals surface area contributed by atoms with Gasteiger partial charge in [0.2, 0.25) is 0 Å². The number of carbonyl (C=O) groups excluding carboxylic acids is 1. The van der Waals surface area contributed by atoms with Crippen LogP contribution in [-0.4, -0.2) is 22.4 Å². The van der Waals surface area contributed by atoms with E-state index in [9.17, 15) is 9.18 Å². The highest BCUT2D eigenvalue weighted by atomic mass is 19.1. The van der Waals surface area contributed by atoms with Gasteiger partial charge in [-0.3, -0.25) is 9.78 Å². The maximum atomic E-state index is 13.8. The molecule has 32 heavy (non-hydrogen) atoms. The Labute approximate surface area is 184 Å². The summed E-state index contributed by atoms with van der Waals surface area (Å²) in [7, 11) is 0. The number of amides is 1. The predicted octanol–water partition coefficient (Wildman–Crippen LogP) is 4.82. The van der Waals surface area contributed by atoms with Crippen LogP contribution >= 0.6 is 0 Å². The minimum Gasteiger partial charge on any atom is -0.487 e. The number of hydrogen-bond acceptors (Lipinski definition) is 4. The highest BCUT2D eigenvalue weighted by Gasteiger charge is 2.28. The number of aromatic nitrogens is 2. The second kappa shape index (κ2) is 8.55. The number of nitrogens with one attached hydrogen (secondary N) is 3. The molecule has 5 rings (SSSR count). The number of ether oxygens (including phenoxy) is 1. The minimum absolute atomic E-state index is 0.173. The summed E-state index contributed by atoms with van der Waals surface area (Å²) in [6.45, 7) is 0.937. The molecule has 0 unspecified atom stereocenters. The van der Waals surface area contributed by atoms with Crippen LogP contribution in [0.4, 0.5) is 15.8 Å². The van der Waals surface area contributed by atoms with Crippen molar-refractivity contribution in [1.82, 2.24) is 15.3 Å². The molecule has 0 aliphatic carbocycles. The van der Waals surface area contributed by atoms with Crippen LogP contribution in [0.2, 0.25) is 0 Å². The van der Waals surface area contributed by atoms with Crippen molar-refractivity contribution in [1.29, 1.82) is 0 Å². The van der Waals surface area contributed by atoms with E-state index in [0.717, 1.165) is 16.8 Å². The number of anilines is 2.